The van der Waals surface area contributed by atoms with Crippen molar-refractivity contribution in [1.29, 1.82) is 0 Å². The maximum absolute atomic E-state index is 5.94. The molecule has 2 N–H and O–H groups in total. The molecule has 0 amide bonds. The number of anilines is 1. The standard InChI is InChI=1S/C13H22N2O/c1-11-5-6-13(14)12(9-11)10-15(2)7-4-8-16-3/h5-6,9H,4,7-8,10,14H2,1-3H3. The number of rotatable bonds is 6. The molecule has 1 aromatic rings. The van der Waals surface area contributed by atoms with E-state index in [4.69, 9.17) is 10.5 Å². The summed E-state index contributed by atoms with van der Waals surface area (Å²) in [6, 6.07) is 6.18. The van der Waals surface area contributed by atoms with Crippen LogP contribution in [0.3, 0.4) is 0 Å². The number of aryl methyl sites for hydroxylation is 1. The molecule has 0 bridgehead atoms. The third-order valence-electron chi connectivity index (χ3n) is 2.63. The summed E-state index contributed by atoms with van der Waals surface area (Å²) in [5.41, 5.74) is 9.29. The fourth-order valence-electron chi connectivity index (χ4n) is 1.72. The second kappa shape index (κ2) is 6.51. The molecule has 0 atom stereocenters. The Morgan fingerprint density at radius 3 is 2.81 bits per heavy atom. The molecule has 1 rings (SSSR count). The lowest BCUT2D eigenvalue weighted by atomic mass is 10.1. The van der Waals surface area contributed by atoms with Crippen LogP contribution >= 0.6 is 0 Å². The highest BCUT2D eigenvalue weighted by atomic mass is 16.5. The molecule has 16 heavy (non-hydrogen) atoms. The van der Waals surface area contributed by atoms with E-state index in [1.54, 1.807) is 7.11 Å². The number of nitrogens with two attached hydrogens (primary N) is 1. The summed E-state index contributed by atoms with van der Waals surface area (Å²) in [6.45, 7) is 4.83. The summed E-state index contributed by atoms with van der Waals surface area (Å²) in [6.07, 6.45) is 1.05. The lowest BCUT2D eigenvalue weighted by Gasteiger charge is -2.17. The summed E-state index contributed by atoms with van der Waals surface area (Å²) in [7, 11) is 3.84. The van der Waals surface area contributed by atoms with Gasteiger partial charge in [-0.3, -0.25) is 0 Å². The largest absolute Gasteiger partial charge is 0.398 e. The Kier molecular flexibility index (Phi) is 5.29. The van der Waals surface area contributed by atoms with Crippen molar-refractivity contribution < 1.29 is 4.74 Å². The molecule has 0 heterocycles. The van der Waals surface area contributed by atoms with E-state index in [-0.39, 0.29) is 0 Å². The highest BCUT2D eigenvalue weighted by molar-refractivity contribution is 5.48. The Hall–Kier alpha value is -1.06. The van der Waals surface area contributed by atoms with Gasteiger partial charge in [0.15, 0.2) is 0 Å². The number of benzene rings is 1. The molecule has 0 aliphatic heterocycles. The Balaban J connectivity index is 2.48. The van der Waals surface area contributed by atoms with E-state index in [1.165, 1.54) is 11.1 Å². The third kappa shape index (κ3) is 4.21. The van der Waals surface area contributed by atoms with Crippen LogP contribution in [0.4, 0.5) is 5.69 Å². The van der Waals surface area contributed by atoms with Crippen molar-refractivity contribution in [1.82, 2.24) is 4.90 Å². The first-order valence-corrected chi connectivity index (χ1v) is 5.66. The van der Waals surface area contributed by atoms with E-state index in [0.717, 1.165) is 31.8 Å². The van der Waals surface area contributed by atoms with Crippen molar-refractivity contribution in [2.45, 2.75) is 19.9 Å². The van der Waals surface area contributed by atoms with Gasteiger partial charge in [0.25, 0.3) is 0 Å². The van der Waals surface area contributed by atoms with E-state index in [9.17, 15) is 0 Å². The maximum Gasteiger partial charge on any atom is 0.0474 e. The molecule has 0 aliphatic carbocycles. The van der Waals surface area contributed by atoms with Crippen LogP contribution in [-0.4, -0.2) is 32.2 Å². The molecular weight excluding hydrogens is 200 g/mol. The highest BCUT2D eigenvalue weighted by Gasteiger charge is 2.03. The number of nitrogens with zero attached hydrogens (tertiary/aromatic N) is 1. The lowest BCUT2D eigenvalue weighted by Crippen LogP contribution is -2.20. The van der Waals surface area contributed by atoms with Crippen LogP contribution in [0.2, 0.25) is 0 Å². The predicted octanol–water partition coefficient (Wildman–Crippen LogP) is 2.05. The third-order valence-corrected chi connectivity index (χ3v) is 2.63. The van der Waals surface area contributed by atoms with Crippen LogP contribution in [0.1, 0.15) is 17.5 Å². The molecule has 0 aliphatic rings. The zero-order chi connectivity index (χ0) is 12.0. The van der Waals surface area contributed by atoms with Crippen LogP contribution in [0.25, 0.3) is 0 Å². The number of nitrogen functional groups attached to an aromatic ring is 1. The van der Waals surface area contributed by atoms with Gasteiger partial charge in [-0.2, -0.15) is 0 Å². The molecule has 0 radical (unpaired) electrons. The highest BCUT2D eigenvalue weighted by Crippen LogP contribution is 2.15. The maximum atomic E-state index is 5.94. The van der Waals surface area contributed by atoms with Gasteiger partial charge in [0.2, 0.25) is 0 Å². The smallest absolute Gasteiger partial charge is 0.0474 e. The number of hydrogen-bond donors (Lipinski definition) is 1. The molecule has 0 saturated heterocycles. The minimum absolute atomic E-state index is 0.813. The quantitative estimate of drug-likeness (QED) is 0.591. The average Bonchev–Trinajstić information content (AvgIpc) is 2.24. The van der Waals surface area contributed by atoms with Gasteiger partial charge in [0.05, 0.1) is 0 Å². The normalized spacial score (nSPS) is 11.0. The van der Waals surface area contributed by atoms with Gasteiger partial charge in [0.1, 0.15) is 0 Å². The lowest BCUT2D eigenvalue weighted by molar-refractivity contribution is 0.178. The second-order valence-corrected chi connectivity index (χ2v) is 4.29. The zero-order valence-electron chi connectivity index (χ0n) is 10.5. The minimum Gasteiger partial charge on any atom is -0.398 e. The molecule has 0 unspecified atom stereocenters. The molecule has 90 valence electrons. The summed E-state index contributed by atoms with van der Waals surface area (Å²) in [5.74, 6) is 0. The topological polar surface area (TPSA) is 38.5 Å². The summed E-state index contributed by atoms with van der Waals surface area (Å²) >= 11 is 0. The second-order valence-electron chi connectivity index (χ2n) is 4.29. The van der Waals surface area contributed by atoms with Gasteiger partial charge in [-0.25, -0.2) is 0 Å². The molecule has 3 heteroatoms. The summed E-state index contributed by atoms with van der Waals surface area (Å²) in [4.78, 5) is 2.27. The van der Waals surface area contributed by atoms with Crippen molar-refractivity contribution in [3.05, 3.63) is 29.3 Å². The number of hydrogen-bond acceptors (Lipinski definition) is 3. The molecule has 0 aromatic heterocycles. The van der Waals surface area contributed by atoms with E-state index >= 15 is 0 Å². The summed E-state index contributed by atoms with van der Waals surface area (Å²) in [5, 5.41) is 0. The van der Waals surface area contributed by atoms with Gasteiger partial charge in [-0.05, 0) is 32.0 Å². The van der Waals surface area contributed by atoms with Crippen LogP contribution < -0.4 is 5.73 Å². The van der Waals surface area contributed by atoms with Gasteiger partial charge in [-0.15, -0.1) is 0 Å². The van der Waals surface area contributed by atoms with E-state index in [1.807, 2.05) is 12.1 Å². The number of ether oxygens (including phenoxy) is 1. The Morgan fingerprint density at radius 2 is 2.12 bits per heavy atom. The Bertz CT molecular complexity index is 326. The minimum atomic E-state index is 0.813. The van der Waals surface area contributed by atoms with Crippen molar-refractivity contribution in [2.75, 3.05) is 33.0 Å². The zero-order valence-corrected chi connectivity index (χ0v) is 10.5. The fraction of sp³-hybridized carbons (Fsp3) is 0.538. The molecule has 0 saturated carbocycles. The SMILES string of the molecule is COCCCN(C)Cc1cc(C)ccc1N. The average molecular weight is 222 g/mol. The van der Waals surface area contributed by atoms with Crippen LogP contribution in [0.5, 0.6) is 0 Å². The van der Waals surface area contributed by atoms with E-state index in [0.29, 0.717) is 0 Å². The fourth-order valence-corrected chi connectivity index (χ4v) is 1.72. The molecule has 0 spiro atoms. The number of methoxy groups -OCH3 is 1. The Morgan fingerprint density at radius 1 is 1.38 bits per heavy atom. The van der Waals surface area contributed by atoms with Gasteiger partial charge in [0, 0.05) is 32.5 Å². The van der Waals surface area contributed by atoms with Gasteiger partial charge < -0.3 is 15.4 Å². The van der Waals surface area contributed by atoms with Crippen LogP contribution in [-0.2, 0) is 11.3 Å². The van der Waals surface area contributed by atoms with Crippen molar-refractivity contribution >= 4 is 5.69 Å². The molecular formula is C13H22N2O. The van der Waals surface area contributed by atoms with Crippen molar-refractivity contribution in [3.63, 3.8) is 0 Å². The van der Waals surface area contributed by atoms with Crippen LogP contribution in [0, 0.1) is 6.92 Å². The van der Waals surface area contributed by atoms with E-state index < -0.39 is 0 Å². The first-order chi connectivity index (χ1) is 7.63. The van der Waals surface area contributed by atoms with Crippen LogP contribution in [0.15, 0.2) is 18.2 Å². The summed E-state index contributed by atoms with van der Waals surface area (Å²) < 4.78 is 5.03. The van der Waals surface area contributed by atoms with Gasteiger partial charge in [-0.1, -0.05) is 17.7 Å². The molecule has 1 aromatic carbocycles. The van der Waals surface area contributed by atoms with Crippen molar-refractivity contribution in [2.24, 2.45) is 0 Å². The molecule has 3 nitrogen and oxygen atoms in total. The molecule has 0 fully saturated rings. The monoisotopic (exact) mass is 222 g/mol. The van der Waals surface area contributed by atoms with Gasteiger partial charge >= 0.3 is 0 Å². The van der Waals surface area contributed by atoms with Crippen molar-refractivity contribution in [3.8, 4) is 0 Å². The first-order valence-electron chi connectivity index (χ1n) is 5.66. The Labute approximate surface area is 98.2 Å². The predicted molar refractivity (Wildman–Crippen MR) is 68.4 cm³/mol. The van der Waals surface area contributed by atoms with E-state index in [2.05, 4.69) is 24.9 Å². The first kappa shape index (κ1) is 13.0.